The summed E-state index contributed by atoms with van der Waals surface area (Å²) < 4.78 is 0. The second-order valence-electron chi connectivity index (χ2n) is 6.88. The largest absolute Gasteiger partial charge is 0.348 e. The molecule has 2 heteroatoms. The Labute approximate surface area is 137 Å². The molecule has 0 heterocycles. The molecule has 0 aliphatic heterocycles. The van der Waals surface area contributed by atoms with Crippen molar-refractivity contribution in [3.05, 3.63) is 71.3 Å². The minimum absolute atomic E-state index is 0.0184. The number of fused-ring (bicyclic) bond motifs is 1. The number of nitrogens with one attached hydrogen (secondary N) is 1. The lowest BCUT2D eigenvalue weighted by Crippen LogP contribution is -2.35. The predicted octanol–water partition coefficient (Wildman–Crippen LogP) is 4.37. The van der Waals surface area contributed by atoms with Gasteiger partial charge in [-0.15, -0.1) is 0 Å². The third kappa shape index (κ3) is 3.03. The van der Waals surface area contributed by atoms with E-state index in [1.54, 1.807) is 0 Å². The summed E-state index contributed by atoms with van der Waals surface area (Å²) >= 11 is 0. The molecule has 23 heavy (non-hydrogen) atoms. The maximum absolute atomic E-state index is 13.0. The molecule has 1 amide bonds. The lowest BCUT2D eigenvalue weighted by Gasteiger charge is -2.27. The van der Waals surface area contributed by atoms with Gasteiger partial charge in [-0.3, -0.25) is 4.79 Å². The number of rotatable bonds is 4. The Balaban J connectivity index is 1.55. The van der Waals surface area contributed by atoms with Crippen LogP contribution in [0.5, 0.6) is 0 Å². The first kappa shape index (κ1) is 14.5. The first-order valence-electron chi connectivity index (χ1n) is 8.76. The van der Waals surface area contributed by atoms with Crippen molar-refractivity contribution in [2.45, 2.75) is 44.1 Å². The molecule has 0 radical (unpaired) electrons. The average Bonchev–Trinajstić information content (AvgIpc) is 3.44. The van der Waals surface area contributed by atoms with Crippen molar-refractivity contribution in [2.24, 2.45) is 5.92 Å². The predicted molar refractivity (Wildman–Crippen MR) is 92.2 cm³/mol. The summed E-state index contributed by atoms with van der Waals surface area (Å²) in [7, 11) is 0. The maximum atomic E-state index is 13.0. The molecule has 2 nitrogen and oxygen atoms in total. The molecule has 0 spiro atoms. The van der Waals surface area contributed by atoms with E-state index in [0.717, 1.165) is 19.3 Å². The lowest BCUT2D eigenvalue weighted by molar-refractivity contribution is -0.123. The van der Waals surface area contributed by atoms with Gasteiger partial charge in [0.05, 0.1) is 12.0 Å². The number of aryl methyl sites for hydroxylation is 1. The van der Waals surface area contributed by atoms with Gasteiger partial charge in [0, 0.05) is 0 Å². The fourth-order valence-electron chi connectivity index (χ4n) is 3.84. The molecule has 1 fully saturated rings. The maximum Gasteiger partial charge on any atom is 0.228 e. The van der Waals surface area contributed by atoms with Crippen molar-refractivity contribution in [2.75, 3.05) is 0 Å². The Morgan fingerprint density at radius 3 is 2.48 bits per heavy atom. The van der Waals surface area contributed by atoms with Gasteiger partial charge in [0.25, 0.3) is 0 Å². The van der Waals surface area contributed by atoms with Crippen LogP contribution >= 0.6 is 0 Å². The van der Waals surface area contributed by atoms with Gasteiger partial charge in [0.2, 0.25) is 5.91 Å². The molecule has 1 saturated carbocycles. The van der Waals surface area contributed by atoms with E-state index in [2.05, 4.69) is 53.8 Å². The zero-order chi connectivity index (χ0) is 15.6. The molecule has 0 aromatic heterocycles. The Morgan fingerprint density at radius 2 is 1.70 bits per heavy atom. The summed E-state index contributed by atoms with van der Waals surface area (Å²) in [6.45, 7) is 0. The Kier molecular flexibility index (Phi) is 3.90. The fraction of sp³-hybridized carbons (Fsp3) is 0.381. The van der Waals surface area contributed by atoms with Crippen LogP contribution in [0.3, 0.4) is 0 Å². The number of benzene rings is 2. The van der Waals surface area contributed by atoms with Gasteiger partial charge in [0.1, 0.15) is 0 Å². The van der Waals surface area contributed by atoms with Gasteiger partial charge in [-0.25, -0.2) is 0 Å². The smallest absolute Gasteiger partial charge is 0.228 e. The third-order valence-corrected chi connectivity index (χ3v) is 5.24. The van der Waals surface area contributed by atoms with Crippen LogP contribution < -0.4 is 5.32 Å². The summed E-state index contributed by atoms with van der Waals surface area (Å²) in [5.74, 6) is 0.836. The van der Waals surface area contributed by atoms with Crippen molar-refractivity contribution in [3.8, 4) is 0 Å². The Hall–Kier alpha value is -2.09. The van der Waals surface area contributed by atoms with Crippen LogP contribution in [0.1, 0.15) is 54.3 Å². The van der Waals surface area contributed by atoms with Crippen LogP contribution in [0.4, 0.5) is 0 Å². The van der Waals surface area contributed by atoms with Crippen molar-refractivity contribution < 1.29 is 4.79 Å². The van der Waals surface area contributed by atoms with E-state index in [9.17, 15) is 4.79 Å². The highest BCUT2D eigenvalue weighted by Crippen LogP contribution is 2.42. The van der Waals surface area contributed by atoms with E-state index in [-0.39, 0.29) is 17.9 Å². The number of carbonyl (C=O) groups excluding carboxylic acids is 1. The number of hydrogen-bond donors (Lipinski definition) is 1. The van der Waals surface area contributed by atoms with E-state index in [1.165, 1.54) is 29.5 Å². The first-order chi connectivity index (χ1) is 11.3. The van der Waals surface area contributed by atoms with Gasteiger partial charge in [-0.05, 0) is 54.7 Å². The zero-order valence-electron chi connectivity index (χ0n) is 13.4. The second kappa shape index (κ2) is 6.19. The summed E-state index contributed by atoms with van der Waals surface area (Å²) in [5.41, 5.74) is 3.83. The molecule has 2 aromatic rings. The lowest BCUT2D eigenvalue weighted by atomic mass is 9.82. The van der Waals surface area contributed by atoms with Crippen LogP contribution in [-0.2, 0) is 11.2 Å². The van der Waals surface area contributed by atoms with E-state index in [4.69, 9.17) is 0 Å². The summed E-state index contributed by atoms with van der Waals surface area (Å²) in [4.78, 5) is 13.0. The topological polar surface area (TPSA) is 29.1 Å². The van der Waals surface area contributed by atoms with E-state index in [0.29, 0.717) is 5.92 Å². The summed E-state index contributed by atoms with van der Waals surface area (Å²) in [6, 6.07) is 19.0. The molecule has 2 aliphatic carbocycles. The van der Waals surface area contributed by atoms with Crippen LogP contribution in [-0.4, -0.2) is 5.91 Å². The quantitative estimate of drug-likeness (QED) is 0.892. The number of amides is 1. The van der Waals surface area contributed by atoms with Gasteiger partial charge in [-0.1, -0.05) is 54.6 Å². The highest BCUT2D eigenvalue weighted by atomic mass is 16.1. The molecular weight excluding hydrogens is 282 g/mol. The minimum Gasteiger partial charge on any atom is -0.348 e. The third-order valence-electron chi connectivity index (χ3n) is 5.24. The summed E-state index contributed by atoms with van der Waals surface area (Å²) in [6.07, 6.45) is 5.62. The van der Waals surface area contributed by atoms with Crippen molar-refractivity contribution >= 4 is 5.91 Å². The highest BCUT2D eigenvalue weighted by Gasteiger charge is 2.35. The van der Waals surface area contributed by atoms with E-state index in [1.807, 2.05) is 6.07 Å². The SMILES string of the molecule is O=C(N[C@H](c1ccccc1)C1CC1)[C@H]1CCCc2ccccc21. The van der Waals surface area contributed by atoms with Gasteiger partial charge < -0.3 is 5.32 Å². The van der Waals surface area contributed by atoms with Crippen LogP contribution in [0.15, 0.2) is 54.6 Å². The van der Waals surface area contributed by atoms with Gasteiger partial charge in [0.15, 0.2) is 0 Å². The number of hydrogen-bond acceptors (Lipinski definition) is 1. The van der Waals surface area contributed by atoms with Crippen LogP contribution in [0.2, 0.25) is 0 Å². The zero-order valence-corrected chi connectivity index (χ0v) is 13.4. The van der Waals surface area contributed by atoms with E-state index < -0.39 is 0 Å². The molecule has 0 unspecified atom stereocenters. The second-order valence-corrected chi connectivity index (χ2v) is 6.88. The Morgan fingerprint density at radius 1 is 0.957 bits per heavy atom. The number of carbonyl (C=O) groups is 1. The molecule has 2 aromatic carbocycles. The summed E-state index contributed by atoms with van der Waals surface area (Å²) in [5, 5.41) is 3.37. The first-order valence-corrected chi connectivity index (χ1v) is 8.76. The van der Waals surface area contributed by atoms with E-state index >= 15 is 0 Å². The minimum atomic E-state index is 0.0184. The van der Waals surface area contributed by atoms with Crippen molar-refractivity contribution in [3.63, 3.8) is 0 Å². The molecule has 1 N–H and O–H groups in total. The van der Waals surface area contributed by atoms with Gasteiger partial charge >= 0.3 is 0 Å². The standard InChI is InChI=1S/C21H23NO/c23-21(19-12-6-10-15-7-4-5-11-18(15)19)22-20(17-13-14-17)16-8-2-1-3-9-16/h1-5,7-9,11,17,19-20H,6,10,12-14H2,(H,22,23)/t19-,20+/m0/s1. The molecule has 2 aliphatic rings. The molecule has 2 atom stereocenters. The monoisotopic (exact) mass is 305 g/mol. The van der Waals surface area contributed by atoms with Crippen molar-refractivity contribution in [1.29, 1.82) is 0 Å². The normalized spacial score (nSPS) is 21.3. The molecule has 0 bridgehead atoms. The molecule has 0 saturated heterocycles. The van der Waals surface area contributed by atoms with Gasteiger partial charge in [-0.2, -0.15) is 0 Å². The molecule has 118 valence electrons. The van der Waals surface area contributed by atoms with Crippen LogP contribution in [0.25, 0.3) is 0 Å². The average molecular weight is 305 g/mol. The Bertz CT molecular complexity index is 690. The molecular formula is C21H23NO. The molecule has 4 rings (SSSR count). The van der Waals surface area contributed by atoms with Crippen molar-refractivity contribution in [1.82, 2.24) is 5.32 Å². The highest BCUT2D eigenvalue weighted by molar-refractivity contribution is 5.84. The van der Waals surface area contributed by atoms with Crippen LogP contribution in [0, 0.1) is 5.92 Å². The fourth-order valence-corrected chi connectivity index (χ4v) is 3.84.